The Morgan fingerprint density at radius 1 is 1.00 bits per heavy atom. The molecule has 4 rings (SSSR count). The van der Waals surface area contributed by atoms with E-state index in [1.54, 1.807) is 12.4 Å². The van der Waals surface area contributed by atoms with Gasteiger partial charge < -0.3 is 14.5 Å². The molecule has 7 heteroatoms. The Morgan fingerprint density at radius 3 is 2.40 bits per heavy atom. The second-order valence-corrected chi connectivity index (χ2v) is 6.77. The molecule has 0 aliphatic carbocycles. The van der Waals surface area contributed by atoms with Crippen molar-refractivity contribution >= 4 is 11.9 Å². The third kappa shape index (κ3) is 3.42. The first kappa shape index (κ1) is 16.2. The van der Waals surface area contributed by atoms with Crippen molar-refractivity contribution in [2.45, 2.75) is 31.8 Å². The Bertz CT molecular complexity index is 690. The van der Waals surface area contributed by atoms with Gasteiger partial charge in [-0.25, -0.2) is 19.9 Å². The summed E-state index contributed by atoms with van der Waals surface area (Å²) in [4.78, 5) is 22.4. The van der Waals surface area contributed by atoms with Crippen LogP contribution in [-0.4, -0.2) is 58.3 Å². The van der Waals surface area contributed by atoms with Crippen LogP contribution in [0, 0.1) is 0 Å². The van der Waals surface area contributed by atoms with E-state index in [-0.39, 0.29) is 5.60 Å². The summed E-state index contributed by atoms with van der Waals surface area (Å²) in [6.07, 6.45) is 10.5. The summed E-state index contributed by atoms with van der Waals surface area (Å²) in [6, 6.07) is 1.85. The van der Waals surface area contributed by atoms with Crippen molar-refractivity contribution in [1.82, 2.24) is 19.9 Å². The van der Waals surface area contributed by atoms with E-state index in [0.717, 1.165) is 62.9 Å². The number of nitrogens with zero attached hydrogens (tertiary/aromatic N) is 6. The molecule has 2 saturated heterocycles. The first-order valence-corrected chi connectivity index (χ1v) is 9.00. The maximum atomic E-state index is 6.26. The highest BCUT2D eigenvalue weighted by atomic mass is 16.5. The number of hydrogen-bond acceptors (Lipinski definition) is 7. The van der Waals surface area contributed by atoms with Gasteiger partial charge in [-0.05, 0) is 30.9 Å². The smallest absolute Gasteiger partial charge is 0.225 e. The maximum absolute atomic E-state index is 6.26. The first-order chi connectivity index (χ1) is 12.3. The van der Waals surface area contributed by atoms with Crippen LogP contribution in [0.3, 0.4) is 0 Å². The number of anilines is 2. The predicted octanol–water partition coefficient (Wildman–Crippen LogP) is 1.70. The van der Waals surface area contributed by atoms with Gasteiger partial charge in [-0.1, -0.05) is 6.92 Å². The largest absolute Gasteiger partial charge is 0.369 e. The van der Waals surface area contributed by atoms with Gasteiger partial charge in [0.1, 0.15) is 5.60 Å². The van der Waals surface area contributed by atoms with Crippen LogP contribution in [0.4, 0.5) is 11.9 Å². The van der Waals surface area contributed by atoms with E-state index in [9.17, 15) is 0 Å². The van der Waals surface area contributed by atoms with Gasteiger partial charge in [0, 0.05) is 37.9 Å². The molecule has 2 aliphatic heterocycles. The Labute approximate surface area is 148 Å². The minimum atomic E-state index is -0.206. The standard InChI is InChI=1S/C18H24N6O/c1-2-15-11-21-17(22-12-15)24-9-10-25-18(14-24)5-3-8-23(13-18)16-19-6-4-7-20-16/h4,6-7,11-12H,2-3,5,8-10,13-14H2,1H3. The number of rotatable bonds is 3. The van der Waals surface area contributed by atoms with Gasteiger partial charge in [0.25, 0.3) is 0 Å². The van der Waals surface area contributed by atoms with Crippen LogP contribution in [0.15, 0.2) is 30.9 Å². The molecule has 0 saturated carbocycles. The molecule has 0 amide bonds. The first-order valence-electron chi connectivity index (χ1n) is 9.00. The van der Waals surface area contributed by atoms with Crippen LogP contribution in [0.5, 0.6) is 0 Å². The Kier molecular flexibility index (Phi) is 4.48. The van der Waals surface area contributed by atoms with Crippen molar-refractivity contribution in [2.75, 3.05) is 42.6 Å². The topological polar surface area (TPSA) is 67.3 Å². The highest BCUT2D eigenvalue weighted by Crippen LogP contribution is 2.31. The molecule has 2 fully saturated rings. The molecule has 0 aromatic carbocycles. The van der Waals surface area contributed by atoms with E-state index in [1.807, 2.05) is 18.5 Å². The summed E-state index contributed by atoms with van der Waals surface area (Å²) < 4.78 is 6.26. The molecule has 4 heterocycles. The maximum Gasteiger partial charge on any atom is 0.225 e. The number of aromatic nitrogens is 4. The Hall–Kier alpha value is -2.28. The zero-order valence-corrected chi connectivity index (χ0v) is 14.6. The van der Waals surface area contributed by atoms with Gasteiger partial charge in [-0.2, -0.15) is 0 Å². The lowest BCUT2D eigenvalue weighted by molar-refractivity contribution is -0.0635. The molecule has 2 aliphatic rings. The van der Waals surface area contributed by atoms with Crippen LogP contribution in [-0.2, 0) is 11.2 Å². The fourth-order valence-electron chi connectivity index (χ4n) is 3.68. The summed E-state index contributed by atoms with van der Waals surface area (Å²) in [7, 11) is 0. The molecular weight excluding hydrogens is 316 g/mol. The number of piperidine rings is 1. The monoisotopic (exact) mass is 340 g/mol. The minimum Gasteiger partial charge on any atom is -0.369 e. The van der Waals surface area contributed by atoms with Crippen LogP contribution in [0.1, 0.15) is 25.3 Å². The Morgan fingerprint density at radius 2 is 1.68 bits per heavy atom. The summed E-state index contributed by atoms with van der Waals surface area (Å²) >= 11 is 0. The van der Waals surface area contributed by atoms with E-state index < -0.39 is 0 Å². The summed E-state index contributed by atoms with van der Waals surface area (Å²) in [5.41, 5.74) is 0.958. The number of hydrogen-bond donors (Lipinski definition) is 0. The van der Waals surface area contributed by atoms with Crippen molar-refractivity contribution in [3.05, 3.63) is 36.4 Å². The van der Waals surface area contributed by atoms with Crippen molar-refractivity contribution < 1.29 is 4.74 Å². The van der Waals surface area contributed by atoms with E-state index >= 15 is 0 Å². The second kappa shape index (κ2) is 6.92. The van der Waals surface area contributed by atoms with Crippen molar-refractivity contribution in [2.24, 2.45) is 0 Å². The van der Waals surface area contributed by atoms with Gasteiger partial charge in [0.15, 0.2) is 0 Å². The molecule has 2 aromatic rings. The molecule has 25 heavy (non-hydrogen) atoms. The number of aryl methyl sites for hydroxylation is 1. The fourth-order valence-corrected chi connectivity index (χ4v) is 3.68. The van der Waals surface area contributed by atoms with Crippen LogP contribution in [0.2, 0.25) is 0 Å². The molecule has 1 spiro atoms. The van der Waals surface area contributed by atoms with Crippen LogP contribution < -0.4 is 9.80 Å². The zero-order valence-electron chi connectivity index (χ0n) is 14.6. The quantitative estimate of drug-likeness (QED) is 0.842. The van der Waals surface area contributed by atoms with Crippen LogP contribution in [0.25, 0.3) is 0 Å². The molecule has 2 aromatic heterocycles. The lowest BCUT2D eigenvalue weighted by Gasteiger charge is -2.48. The van der Waals surface area contributed by atoms with E-state index in [1.165, 1.54) is 0 Å². The lowest BCUT2D eigenvalue weighted by Crippen LogP contribution is -2.60. The second-order valence-electron chi connectivity index (χ2n) is 6.77. The molecule has 0 N–H and O–H groups in total. The minimum absolute atomic E-state index is 0.206. The molecular formula is C18H24N6O. The van der Waals surface area contributed by atoms with Crippen molar-refractivity contribution in [3.63, 3.8) is 0 Å². The molecule has 1 unspecified atom stereocenters. The molecule has 7 nitrogen and oxygen atoms in total. The molecule has 1 atom stereocenters. The molecule has 0 radical (unpaired) electrons. The fraction of sp³-hybridized carbons (Fsp3) is 0.556. The van der Waals surface area contributed by atoms with Crippen molar-refractivity contribution in [1.29, 1.82) is 0 Å². The highest BCUT2D eigenvalue weighted by molar-refractivity contribution is 5.35. The average Bonchev–Trinajstić information content (AvgIpc) is 2.69. The van der Waals surface area contributed by atoms with E-state index in [0.29, 0.717) is 6.61 Å². The van der Waals surface area contributed by atoms with Gasteiger partial charge in [0.2, 0.25) is 11.9 Å². The predicted molar refractivity (Wildman–Crippen MR) is 95.8 cm³/mol. The zero-order chi connectivity index (χ0) is 17.1. The van der Waals surface area contributed by atoms with Gasteiger partial charge in [0.05, 0.1) is 19.7 Å². The summed E-state index contributed by atoms with van der Waals surface area (Å²) in [5.74, 6) is 1.58. The third-order valence-corrected chi connectivity index (χ3v) is 5.01. The number of ether oxygens (including phenoxy) is 1. The van der Waals surface area contributed by atoms with E-state index in [4.69, 9.17) is 4.74 Å². The lowest BCUT2D eigenvalue weighted by atomic mass is 9.91. The van der Waals surface area contributed by atoms with Crippen LogP contribution >= 0.6 is 0 Å². The Balaban J connectivity index is 1.50. The average molecular weight is 340 g/mol. The van der Waals surface area contributed by atoms with Crippen molar-refractivity contribution in [3.8, 4) is 0 Å². The molecule has 0 bridgehead atoms. The normalized spacial score (nSPS) is 23.9. The third-order valence-electron chi connectivity index (χ3n) is 5.01. The highest BCUT2D eigenvalue weighted by Gasteiger charge is 2.41. The van der Waals surface area contributed by atoms with Gasteiger partial charge in [-0.15, -0.1) is 0 Å². The van der Waals surface area contributed by atoms with Gasteiger partial charge in [-0.3, -0.25) is 0 Å². The summed E-state index contributed by atoms with van der Waals surface area (Å²) in [6.45, 7) is 6.22. The molecule has 132 valence electrons. The number of morpholine rings is 1. The summed E-state index contributed by atoms with van der Waals surface area (Å²) in [5, 5.41) is 0. The van der Waals surface area contributed by atoms with E-state index in [2.05, 4.69) is 36.7 Å². The SMILES string of the molecule is CCc1cnc(N2CCOC3(CCCN(c4ncccn4)C3)C2)nc1. The van der Waals surface area contributed by atoms with Gasteiger partial charge >= 0.3 is 0 Å².